The van der Waals surface area contributed by atoms with Crippen molar-refractivity contribution in [3.63, 3.8) is 0 Å². The van der Waals surface area contributed by atoms with Gasteiger partial charge in [0.2, 0.25) is 0 Å². The van der Waals surface area contributed by atoms with Crippen LogP contribution < -0.4 is 5.32 Å². The highest BCUT2D eigenvalue weighted by Crippen LogP contribution is 2.18. The van der Waals surface area contributed by atoms with Gasteiger partial charge in [-0.1, -0.05) is 27.7 Å². The minimum Gasteiger partial charge on any atom is -0.463 e. The summed E-state index contributed by atoms with van der Waals surface area (Å²) in [7, 11) is 0. The first kappa shape index (κ1) is 17.3. The molecular weight excluding hydrogens is 248 g/mol. The molecule has 0 aliphatic heterocycles. The molecule has 0 amide bonds. The summed E-state index contributed by atoms with van der Waals surface area (Å²) >= 11 is 0. The minimum absolute atomic E-state index is 0.482. The highest BCUT2D eigenvalue weighted by Gasteiger charge is 2.15. The lowest BCUT2D eigenvalue weighted by molar-refractivity contribution is 0.174. The number of hydrogen-bond acceptors (Lipinski definition) is 3. The number of nitrogens with one attached hydrogen (secondary N) is 1. The van der Waals surface area contributed by atoms with Gasteiger partial charge in [-0.25, -0.2) is 0 Å². The summed E-state index contributed by atoms with van der Waals surface area (Å²) in [5.74, 6) is 2.83. The van der Waals surface area contributed by atoms with Crippen molar-refractivity contribution in [3.8, 4) is 0 Å². The van der Waals surface area contributed by atoms with E-state index >= 15 is 0 Å². The van der Waals surface area contributed by atoms with E-state index in [9.17, 15) is 0 Å². The molecule has 0 saturated heterocycles. The Morgan fingerprint density at radius 3 is 2.30 bits per heavy atom. The van der Waals surface area contributed by atoms with Crippen molar-refractivity contribution in [1.82, 2.24) is 10.2 Å². The molecule has 1 aromatic heterocycles. The lowest BCUT2D eigenvalue weighted by Gasteiger charge is -2.27. The van der Waals surface area contributed by atoms with Crippen LogP contribution in [0, 0.1) is 12.8 Å². The molecule has 0 spiro atoms. The standard InChI is InChI=1S/C17H32N2O/c1-12(2)10-19(14(5)6)11-16-8-15(7)17(20-16)9-18-13(3)4/h8,12-14,18H,9-11H2,1-7H3. The molecule has 0 saturated carbocycles. The Balaban J connectivity index is 2.69. The van der Waals surface area contributed by atoms with E-state index < -0.39 is 0 Å². The molecule has 1 heterocycles. The molecule has 116 valence electrons. The first-order chi connectivity index (χ1) is 9.29. The van der Waals surface area contributed by atoms with Crippen LogP contribution in [0.5, 0.6) is 0 Å². The minimum atomic E-state index is 0.482. The number of hydrogen-bond donors (Lipinski definition) is 1. The number of rotatable bonds is 8. The maximum atomic E-state index is 6.02. The topological polar surface area (TPSA) is 28.4 Å². The zero-order chi connectivity index (χ0) is 15.3. The second-order valence-electron chi connectivity index (χ2n) is 6.77. The number of furan rings is 1. The Hall–Kier alpha value is -0.800. The summed E-state index contributed by atoms with van der Waals surface area (Å²) in [5.41, 5.74) is 1.25. The fraction of sp³-hybridized carbons (Fsp3) is 0.765. The van der Waals surface area contributed by atoms with Crippen LogP contribution in [0.2, 0.25) is 0 Å². The SMILES string of the molecule is Cc1cc(CN(CC(C)C)C(C)C)oc1CNC(C)C. The van der Waals surface area contributed by atoms with E-state index in [1.165, 1.54) is 5.56 Å². The van der Waals surface area contributed by atoms with E-state index in [0.717, 1.165) is 31.2 Å². The summed E-state index contributed by atoms with van der Waals surface area (Å²) in [5, 5.41) is 3.42. The third-order valence-corrected chi connectivity index (χ3v) is 3.43. The quantitative estimate of drug-likeness (QED) is 0.781. The molecule has 20 heavy (non-hydrogen) atoms. The third kappa shape index (κ3) is 5.68. The maximum Gasteiger partial charge on any atom is 0.120 e. The van der Waals surface area contributed by atoms with Crippen LogP contribution >= 0.6 is 0 Å². The van der Waals surface area contributed by atoms with Crippen LogP contribution in [0.3, 0.4) is 0 Å². The van der Waals surface area contributed by atoms with Gasteiger partial charge < -0.3 is 9.73 Å². The number of nitrogens with zero attached hydrogens (tertiary/aromatic N) is 1. The first-order valence-electron chi connectivity index (χ1n) is 7.85. The van der Waals surface area contributed by atoms with Gasteiger partial charge in [0.05, 0.1) is 13.1 Å². The summed E-state index contributed by atoms with van der Waals surface area (Å²) < 4.78 is 6.02. The van der Waals surface area contributed by atoms with E-state index in [4.69, 9.17) is 4.42 Å². The molecule has 1 N–H and O–H groups in total. The molecule has 0 unspecified atom stereocenters. The molecule has 0 aliphatic carbocycles. The van der Waals surface area contributed by atoms with Gasteiger partial charge in [0.15, 0.2) is 0 Å². The van der Waals surface area contributed by atoms with E-state index in [2.05, 4.69) is 64.7 Å². The lowest BCUT2D eigenvalue weighted by Crippen LogP contribution is -2.33. The molecule has 1 rings (SSSR count). The van der Waals surface area contributed by atoms with Crippen molar-refractivity contribution in [2.45, 2.75) is 73.6 Å². The zero-order valence-electron chi connectivity index (χ0n) is 14.3. The zero-order valence-corrected chi connectivity index (χ0v) is 14.3. The van der Waals surface area contributed by atoms with Crippen LogP contribution in [-0.2, 0) is 13.1 Å². The highest BCUT2D eigenvalue weighted by atomic mass is 16.3. The number of aryl methyl sites for hydroxylation is 1. The van der Waals surface area contributed by atoms with E-state index in [1.54, 1.807) is 0 Å². The van der Waals surface area contributed by atoms with Crippen LogP contribution in [0.15, 0.2) is 10.5 Å². The van der Waals surface area contributed by atoms with Gasteiger partial charge in [0.1, 0.15) is 11.5 Å². The first-order valence-corrected chi connectivity index (χ1v) is 7.85. The predicted molar refractivity (Wildman–Crippen MR) is 85.8 cm³/mol. The molecule has 0 atom stereocenters. The molecule has 0 aliphatic rings. The van der Waals surface area contributed by atoms with Gasteiger partial charge in [-0.05, 0) is 38.3 Å². The molecule has 3 nitrogen and oxygen atoms in total. The van der Waals surface area contributed by atoms with Crippen molar-refractivity contribution in [2.75, 3.05) is 6.54 Å². The molecule has 0 radical (unpaired) electrons. The fourth-order valence-electron chi connectivity index (χ4n) is 2.27. The Kier molecular flexibility index (Phi) is 6.77. The van der Waals surface area contributed by atoms with E-state index in [0.29, 0.717) is 18.0 Å². The Labute approximate surface area is 124 Å². The highest BCUT2D eigenvalue weighted by molar-refractivity contribution is 5.20. The summed E-state index contributed by atoms with van der Waals surface area (Å²) in [6.45, 7) is 18.3. The normalized spacial score (nSPS) is 12.3. The van der Waals surface area contributed by atoms with E-state index in [-0.39, 0.29) is 0 Å². The van der Waals surface area contributed by atoms with Gasteiger partial charge in [0.25, 0.3) is 0 Å². The van der Waals surface area contributed by atoms with Gasteiger partial charge in [-0.2, -0.15) is 0 Å². The predicted octanol–water partition coefficient (Wildman–Crippen LogP) is 3.95. The average molecular weight is 280 g/mol. The third-order valence-electron chi connectivity index (χ3n) is 3.43. The van der Waals surface area contributed by atoms with Gasteiger partial charge in [-0.3, -0.25) is 4.90 Å². The summed E-state index contributed by atoms with van der Waals surface area (Å²) in [4.78, 5) is 2.47. The van der Waals surface area contributed by atoms with E-state index in [1.807, 2.05) is 0 Å². The Morgan fingerprint density at radius 2 is 1.80 bits per heavy atom. The van der Waals surface area contributed by atoms with Gasteiger partial charge in [-0.15, -0.1) is 0 Å². The maximum absolute atomic E-state index is 6.02. The molecule has 0 aromatic carbocycles. The van der Waals surface area contributed by atoms with Crippen LogP contribution in [0.4, 0.5) is 0 Å². The second-order valence-corrected chi connectivity index (χ2v) is 6.77. The van der Waals surface area contributed by atoms with Gasteiger partial charge in [0, 0.05) is 18.6 Å². The van der Waals surface area contributed by atoms with Crippen LogP contribution in [-0.4, -0.2) is 23.5 Å². The Morgan fingerprint density at radius 1 is 1.15 bits per heavy atom. The van der Waals surface area contributed by atoms with Gasteiger partial charge >= 0.3 is 0 Å². The van der Waals surface area contributed by atoms with Crippen molar-refractivity contribution < 1.29 is 4.42 Å². The van der Waals surface area contributed by atoms with Crippen molar-refractivity contribution >= 4 is 0 Å². The largest absolute Gasteiger partial charge is 0.463 e. The lowest BCUT2D eigenvalue weighted by atomic mass is 10.1. The monoisotopic (exact) mass is 280 g/mol. The van der Waals surface area contributed by atoms with Crippen molar-refractivity contribution in [2.24, 2.45) is 5.92 Å². The molecule has 1 aromatic rings. The van der Waals surface area contributed by atoms with Crippen molar-refractivity contribution in [3.05, 3.63) is 23.2 Å². The molecule has 0 bridgehead atoms. The van der Waals surface area contributed by atoms with Crippen molar-refractivity contribution in [1.29, 1.82) is 0 Å². The molecule has 3 heteroatoms. The average Bonchev–Trinajstić information content (AvgIpc) is 2.65. The molecular formula is C17H32N2O. The van der Waals surface area contributed by atoms with Crippen LogP contribution in [0.1, 0.15) is 58.6 Å². The summed E-state index contributed by atoms with van der Waals surface area (Å²) in [6, 6.07) is 3.21. The second kappa shape index (κ2) is 7.84. The molecule has 0 fully saturated rings. The Bertz CT molecular complexity index is 394. The summed E-state index contributed by atoms with van der Waals surface area (Å²) in [6.07, 6.45) is 0. The van der Waals surface area contributed by atoms with Crippen LogP contribution in [0.25, 0.3) is 0 Å². The smallest absolute Gasteiger partial charge is 0.120 e. The fourth-order valence-corrected chi connectivity index (χ4v) is 2.27.